The zero-order valence-electron chi connectivity index (χ0n) is 16.8. The van der Waals surface area contributed by atoms with Gasteiger partial charge in [0.25, 0.3) is 0 Å². The van der Waals surface area contributed by atoms with Crippen LogP contribution in [0, 0.1) is 5.92 Å². The predicted molar refractivity (Wildman–Crippen MR) is 115 cm³/mol. The fourth-order valence-corrected chi connectivity index (χ4v) is 4.38. The Morgan fingerprint density at radius 2 is 1.83 bits per heavy atom. The number of amides is 1. The number of benzene rings is 2. The van der Waals surface area contributed by atoms with Crippen molar-refractivity contribution in [3.8, 4) is 5.75 Å². The van der Waals surface area contributed by atoms with Gasteiger partial charge in [0.1, 0.15) is 16.7 Å². The second kappa shape index (κ2) is 10.6. The van der Waals surface area contributed by atoms with Crippen molar-refractivity contribution in [3.63, 3.8) is 0 Å². The molecule has 0 spiro atoms. The Balaban J connectivity index is 2.28. The average molecular weight is 439 g/mol. The molecule has 2 aromatic rings. The van der Waals surface area contributed by atoms with Crippen LogP contribution in [0.4, 0.5) is 0 Å². The minimum Gasteiger partial charge on any atom is -0.495 e. The van der Waals surface area contributed by atoms with Crippen LogP contribution < -0.4 is 14.8 Å². The van der Waals surface area contributed by atoms with Crippen molar-refractivity contribution in [3.05, 3.63) is 59.1 Å². The maximum Gasteiger partial charge on any atom is 0.245 e. The lowest BCUT2D eigenvalue weighted by atomic mass is 10.1. The summed E-state index contributed by atoms with van der Waals surface area (Å²) in [5.74, 6) is 0.204. The highest BCUT2D eigenvalue weighted by atomic mass is 35.5. The highest BCUT2D eigenvalue weighted by molar-refractivity contribution is 7.89. The number of sulfonamides is 1. The topological polar surface area (TPSA) is 84.5 Å². The van der Waals surface area contributed by atoms with Crippen LogP contribution in [0.15, 0.2) is 53.4 Å². The Morgan fingerprint density at radius 1 is 1.14 bits per heavy atom. The minimum atomic E-state index is -4.05. The number of hydrogen-bond acceptors (Lipinski definition) is 4. The van der Waals surface area contributed by atoms with Crippen LogP contribution in [0.25, 0.3) is 0 Å². The Bertz CT molecular complexity index is 918. The van der Waals surface area contributed by atoms with Gasteiger partial charge < -0.3 is 10.1 Å². The molecule has 0 saturated heterocycles. The van der Waals surface area contributed by atoms with Gasteiger partial charge in [0.05, 0.1) is 7.11 Å². The van der Waals surface area contributed by atoms with E-state index in [0.29, 0.717) is 12.5 Å². The van der Waals surface area contributed by atoms with Crippen molar-refractivity contribution in [1.82, 2.24) is 10.0 Å². The molecule has 0 radical (unpaired) electrons. The largest absolute Gasteiger partial charge is 0.495 e. The first-order valence-electron chi connectivity index (χ1n) is 9.40. The number of carbonyl (C=O) groups excluding carboxylic acids is 1. The van der Waals surface area contributed by atoms with Gasteiger partial charge in [-0.2, -0.15) is 4.72 Å². The Hall–Kier alpha value is -2.09. The van der Waals surface area contributed by atoms with E-state index in [1.165, 1.54) is 19.2 Å². The standard InChI is InChI=1S/C21H27ClN2O4S/c1-15(2)11-12-23-21(25)18(13-16-7-5-4-6-8-16)24-29(26,27)20-14-17(22)9-10-19(20)28-3/h4-10,14-15,18,24H,11-13H2,1-3H3,(H,23,25)/t18-/m0/s1. The zero-order valence-corrected chi connectivity index (χ0v) is 18.4. The summed E-state index contributed by atoms with van der Waals surface area (Å²) in [6.45, 7) is 4.59. The molecule has 8 heteroatoms. The molecular formula is C21H27ClN2O4S. The van der Waals surface area contributed by atoms with Crippen molar-refractivity contribution < 1.29 is 17.9 Å². The van der Waals surface area contributed by atoms with Gasteiger partial charge in [-0.3, -0.25) is 4.79 Å². The molecule has 0 aliphatic heterocycles. The molecule has 2 N–H and O–H groups in total. The molecule has 0 aliphatic rings. The summed E-state index contributed by atoms with van der Waals surface area (Å²) in [6, 6.07) is 12.6. The second-order valence-electron chi connectivity index (χ2n) is 7.13. The molecule has 0 saturated carbocycles. The lowest BCUT2D eigenvalue weighted by Crippen LogP contribution is -2.48. The molecule has 6 nitrogen and oxygen atoms in total. The van der Waals surface area contributed by atoms with E-state index in [2.05, 4.69) is 23.9 Å². The Labute approximate surface area is 177 Å². The van der Waals surface area contributed by atoms with E-state index in [0.717, 1.165) is 12.0 Å². The van der Waals surface area contributed by atoms with Crippen LogP contribution >= 0.6 is 11.6 Å². The van der Waals surface area contributed by atoms with E-state index in [4.69, 9.17) is 16.3 Å². The number of halogens is 1. The van der Waals surface area contributed by atoms with Crippen LogP contribution in [0.5, 0.6) is 5.75 Å². The van der Waals surface area contributed by atoms with Gasteiger partial charge in [-0.05, 0) is 42.5 Å². The van der Waals surface area contributed by atoms with Crippen LogP contribution in [-0.2, 0) is 21.2 Å². The minimum absolute atomic E-state index is 0.111. The third kappa shape index (κ3) is 7.03. The van der Waals surface area contributed by atoms with Crippen molar-refractivity contribution in [2.75, 3.05) is 13.7 Å². The van der Waals surface area contributed by atoms with E-state index in [9.17, 15) is 13.2 Å². The summed E-state index contributed by atoms with van der Waals surface area (Å²) in [5, 5.41) is 3.08. The number of ether oxygens (including phenoxy) is 1. The van der Waals surface area contributed by atoms with E-state index in [1.807, 2.05) is 30.3 Å². The molecule has 0 bridgehead atoms. The van der Waals surface area contributed by atoms with Crippen LogP contribution in [0.1, 0.15) is 25.8 Å². The summed E-state index contributed by atoms with van der Waals surface area (Å²) in [7, 11) is -2.67. The fourth-order valence-electron chi connectivity index (χ4n) is 2.76. The molecular weight excluding hydrogens is 412 g/mol. The van der Waals surface area contributed by atoms with Crippen molar-refractivity contribution >= 4 is 27.5 Å². The van der Waals surface area contributed by atoms with Gasteiger partial charge in [-0.1, -0.05) is 55.8 Å². The smallest absolute Gasteiger partial charge is 0.245 e. The quantitative estimate of drug-likeness (QED) is 0.595. The van der Waals surface area contributed by atoms with Gasteiger partial charge in [0, 0.05) is 11.6 Å². The monoisotopic (exact) mass is 438 g/mol. The van der Waals surface area contributed by atoms with Crippen molar-refractivity contribution in [1.29, 1.82) is 0 Å². The van der Waals surface area contributed by atoms with Gasteiger partial charge in [0.2, 0.25) is 15.9 Å². The lowest BCUT2D eigenvalue weighted by molar-refractivity contribution is -0.122. The first-order chi connectivity index (χ1) is 13.7. The molecule has 0 aromatic heterocycles. The molecule has 0 fully saturated rings. The molecule has 0 aliphatic carbocycles. The van der Waals surface area contributed by atoms with Gasteiger partial charge in [-0.25, -0.2) is 8.42 Å². The molecule has 1 amide bonds. The van der Waals surface area contributed by atoms with Crippen LogP contribution in [0.3, 0.4) is 0 Å². The third-order valence-corrected chi connectivity index (χ3v) is 6.06. The van der Waals surface area contributed by atoms with Crippen LogP contribution in [0.2, 0.25) is 5.02 Å². The molecule has 0 heterocycles. The van der Waals surface area contributed by atoms with Crippen molar-refractivity contribution in [2.45, 2.75) is 37.6 Å². The molecule has 2 rings (SSSR count). The SMILES string of the molecule is COc1ccc(Cl)cc1S(=O)(=O)N[C@@H](Cc1ccccc1)C(=O)NCCC(C)C. The number of methoxy groups -OCH3 is 1. The van der Waals surface area contributed by atoms with Crippen molar-refractivity contribution in [2.24, 2.45) is 5.92 Å². The number of hydrogen-bond donors (Lipinski definition) is 2. The molecule has 29 heavy (non-hydrogen) atoms. The summed E-state index contributed by atoms with van der Waals surface area (Å²) < 4.78 is 33.7. The maximum atomic E-state index is 13.0. The van der Waals surface area contributed by atoms with E-state index < -0.39 is 16.1 Å². The normalized spacial score (nSPS) is 12.6. The van der Waals surface area contributed by atoms with Gasteiger partial charge in [0.15, 0.2) is 0 Å². The first kappa shape index (κ1) is 23.2. The second-order valence-corrected chi connectivity index (χ2v) is 9.25. The predicted octanol–water partition coefficient (Wildman–Crippen LogP) is 3.40. The summed E-state index contributed by atoms with van der Waals surface area (Å²) in [6.07, 6.45) is 1.02. The van der Waals surface area contributed by atoms with Gasteiger partial charge >= 0.3 is 0 Å². The zero-order chi connectivity index (χ0) is 21.4. The molecule has 1 atom stereocenters. The average Bonchev–Trinajstić information content (AvgIpc) is 2.67. The third-order valence-electron chi connectivity index (χ3n) is 4.33. The maximum absolute atomic E-state index is 13.0. The molecule has 2 aromatic carbocycles. The molecule has 0 unspecified atom stereocenters. The number of rotatable bonds is 10. The van der Waals surface area contributed by atoms with E-state index in [-0.39, 0.29) is 28.0 Å². The summed E-state index contributed by atoms with van der Waals surface area (Å²) in [4.78, 5) is 12.7. The molecule has 158 valence electrons. The van der Waals surface area contributed by atoms with E-state index in [1.54, 1.807) is 6.07 Å². The number of nitrogens with one attached hydrogen (secondary N) is 2. The fraction of sp³-hybridized carbons (Fsp3) is 0.381. The van der Waals surface area contributed by atoms with Gasteiger partial charge in [-0.15, -0.1) is 0 Å². The van der Waals surface area contributed by atoms with E-state index >= 15 is 0 Å². The summed E-state index contributed by atoms with van der Waals surface area (Å²) >= 11 is 5.98. The lowest BCUT2D eigenvalue weighted by Gasteiger charge is -2.20. The van der Waals surface area contributed by atoms with Crippen LogP contribution in [-0.4, -0.2) is 34.0 Å². The highest BCUT2D eigenvalue weighted by Crippen LogP contribution is 2.27. The Kier molecular flexibility index (Phi) is 8.49. The highest BCUT2D eigenvalue weighted by Gasteiger charge is 2.28. The first-order valence-corrected chi connectivity index (χ1v) is 11.3. The number of carbonyl (C=O) groups is 1. The Morgan fingerprint density at radius 3 is 2.45 bits per heavy atom. The summed E-state index contributed by atoms with van der Waals surface area (Å²) in [5.41, 5.74) is 0.845.